The topological polar surface area (TPSA) is 60.2 Å². The van der Waals surface area contributed by atoms with Gasteiger partial charge in [-0.3, -0.25) is 0 Å². The molecule has 2 N–H and O–H groups in total. The van der Waals surface area contributed by atoms with Crippen LogP contribution in [-0.2, 0) is 9.84 Å². The molecule has 92 valence electrons. The standard InChI is InChI=1S/C11H17NO2S.ClH/c1-3-5-11(12)9-6-4-7-10(8-9)15(2,13)14;/h4,6-8,11H,3,5,12H2,1-2H3;1H/t11-;/m0./s1. The van der Waals surface area contributed by atoms with E-state index in [0.717, 1.165) is 18.4 Å². The van der Waals surface area contributed by atoms with Gasteiger partial charge >= 0.3 is 0 Å². The molecule has 5 heteroatoms. The van der Waals surface area contributed by atoms with Gasteiger partial charge < -0.3 is 5.73 Å². The first kappa shape index (κ1) is 15.4. The summed E-state index contributed by atoms with van der Waals surface area (Å²) < 4.78 is 22.6. The zero-order valence-corrected chi connectivity index (χ0v) is 11.1. The minimum Gasteiger partial charge on any atom is -0.324 e. The largest absolute Gasteiger partial charge is 0.324 e. The zero-order valence-electron chi connectivity index (χ0n) is 9.51. The van der Waals surface area contributed by atoms with Gasteiger partial charge in [0.2, 0.25) is 0 Å². The second-order valence-corrected chi connectivity index (χ2v) is 5.76. The maximum atomic E-state index is 11.3. The highest BCUT2D eigenvalue weighted by Crippen LogP contribution is 2.19. The van der Waals surface area contributed by atoms with Gasteiger partial charge in [0.15, 0.2) is 9.84 Å². The number of nitrogens with two attached hydrogens (primary N) is 1. The maximum absolute atomic E-state index is 11.3. The van der Waals surface area contributed by atoms with Gasteiger partial charge in [-0.1, -0.05) is 25.5 Å². The average Bonchev–Trinajstić information content (AvgIpc) is 2.17. The molecule has 0 amide bonds. The Labute approximate surface area is 103 Å². The van der Waals surface area contributed by atoms with Crippen molar-refractivity contribution in [3.8, 4) is 0 Å². The molecule has 0 aliphatic carbocycles. The Morgan fingerprint density at radius 3 is 2.50 bits per heavy atom. The third-order valence-corrected chi connectivity index (χ3v) is 3.42. The molecule has 0 radical (unpaired) electrons. The Bertz CT molecular complexity index is 431. The Morgan fingerprint density at radius 1 is 1.38 bits per heavy atom. The summed E-state index contributed by atoms with van der Waals surface area (Å²) in [5, 5.41) is 0. The van der Waals surface area contributed by atoms with Crippen molar-refractivity contribution in [2.45, 2.75) is 30.7 Å². The molecule has 0 unspecified atom stereocenters. The monoisotopic (exact) mass is 263 g/mol. The Balaban J connectivity index is 0.00000225. The number of benzene rings is 1. The van der Waals surface area contributed by atoms with Crippen molar-refractivity contribution in [2.24, 2.45) is 5.73 Å². The van der Waals surface area contributed by atoms with Crippen molar-refractivity contribution in [2.75, 3.05) is 6.26 Å². The summed E-state index contributed by atoms with van der Waals surface area (Å²) in [6, 6.07) is 6.79. The summed E-state index contributed by atoms with van der Waals surface area (Å²) in [5.74, 6) is 0. The number of hydrogen-bond acceptors (Lipinski definition) is 3. The van der Waals surface area contributed by atoms with Crippen molar-refractivity contribution < 1.29 is 8.42 Å². The second kappa shape index (κ2) is 6.23. The van der Waals surface area contributed by atoms with Crippen LogP contribution in [0, 0.1) is 0 Å². The minimum absolute atomic E-state index is 0. The highest BCUT2D eigenvalue weighted by Gasteiger charge is 2.10. The highest BCUT2D eigenvalue weighted by molar-refractivity contribution is 7.90. The maximum Gasteiger partial charge on any atom is 0.175 e. The normalized spacial score (nSPS) is 12.9. The molecule has 0 saturated heterocycles. The Hall–Kier alpha value is -0.580. The summed E-state index contributed by atoms with van der Waals surface area (Å²) in [6.45, 7) is 2.06. The van der Waals surface area contributed by atoms with Crippen LogP contribution in [0.25, 0.3) is 0 Å². The van der Waals surface area contributed by atoms with E-state index in [2.05, 4.69) is 6.92 Å². The zero-order chi connectivity index (χ0) is 11.5. The van der Waals surface area contributed by atoms with Gasteiger partial charge in [0.25, 0.3) is 0 Å². The van der Waals surface area contributed by atoms with E-state index in [1.54, 1.807) is 18.2 Å². The first-order valence-electron chi connectivity index (χ1n) is 5.00. The fourth-order valence-electron chi connectivity index (χ4n) is 1.45. The van der Waals surface area contributed by atoms with Crippen LogP contribution in [0.1, 0.15) is 31.4 Å². The molecule has 0 fully saturated rings. The lowest BCUT2D eigenvalue weighted by Crippen LogP contribution is -2.10. The Kier molecular flexibility index (Phi) is 6.00. The van der Waals surface area contributed by atoms with Gasteiger partial charge in [-0.05, 0) is 24.1 Å². The molecule has 0 heterocycles. The molecule has 1 aromatic rings. The van der Waals surface area contributed by atoms with E-state index >= 15 is 0 Å². The molecule has 0 aromatic heterocycles. The molecule has 0 saturated carbocycles. The molecular weight excluding hydrogens is 246 g/mol. The van der Waals surface area contributed by atoms with Crippen LogP contribution in [0.15, 0.2) is 29.2 Å². The highest BCUT2D eigenvalue weighted by atomic mass is 35.5. The molecule has 3 nitrogen and oxygen atoms in total. The molecule has 1 rings (SSSR count). The quantitative estimate of drug-likeness (QED) is 0.907. The molecule has 1 aromatic carbocycles. The smallest absolute Gasteiger partial charge is 0.175 e. The van der Waals surface area contributed by atoms with Crippen LogP contribution in [0.2, 0.25) is 0 Å². The SMILES string of the molecule is CCC[C@H](N)c1cccc(S(C)(=O)=O)c1.Cl. The van der Waals surface area contributed by atoms with Gasteiger partial charge in [-0.25, -0.2) is 8.42 Å². The third-order valence-electron chi connectivity index (χ3n) is 2.31. The van der Waals surface area contributed by atoms with Crippen molar-refractivity contribution in [1.29, 1.82) is 0 Å². The lowest BCUT2D eigenvalue weighted by atomic mass is 10.0. The van der Waals surface area contributed by atoms with Crippen molar-refractivity contribution >= 4 is 22.2 Å². The van der Waals surface area contributed by atoms with E-state index in [-0.39, 0.29) is 18.4 Å². The summed E-state index contributed by atoms with van der Waals surface area (Å²) in [7, 11) is -3.13. The fourth-order valence-corrected chi connectivity index (χ4v) is 2.13. The summed E-state index contributed by atoms with van der Waals surface area (Å²) >= 11 is 0. The van der Waals surface area contributed by atoms with E-state index < -0.39 is 9.84 Å². The molecular formula is C11H18ClNO2S. The van der Waals surface area contributed by atoms with Crippen molar-refractivity contribution in [1.82, 2.24) is 0 Å². The van der Waals surface area contributed by atoms with E-state index in [1.807, 2.05) is 6.07 Å². The van der Waals surface area contributed by atoms with Crippen LogP contribution >= 0.6 is 12.4 Å². The van der Waals surface area contributed by atoms with Gasteiger partial charge in [-0.2, -0.15) is 0 Å². The van der Waals surface area contributed by atoms with Crippen LogP contribution in [0.3, 0.4) is 0 Å². The van der Waals surface area contributed by atoms with E-state index in [0.29, 0.717) is 4.90 Å². The first-order chi connectivity index (χ1) is 6.95. The van der Waals surface area contributed by atoms with Gasteiger partial charge in [0.05, 0.1) is 4.90 Å². The summed E-state index contributed by atoms with van der Waals surface area (Å²) in [4.78, 5) is 0.339. The average molecular weight is 264 g/mol. The van der Waals surface area contributed by atoms with Gasteiger partial charge in [0.1, 0.15) is 0 Å². The van der Waals surface area contributed by atoms with Gasteiger partial charge in [0, 0.05) is 12.3 Å². The predicted molar refractivity (Wildman–Crippen MR) is 68.6 cm³/mol. The molecule has 0 aliphatic rings. The second-order valence-electron chi connectivity index (χ2n) is 3.74. The predicted octanol–water partition coefficient (Wildman–Crippen LogP) is 2.31. The number of sulfone groups is 1. The van der Waals surface area contributed by atoms with Crippen LogP contribution in [0.4, 0.5) is 0 Å². The minimum atomic E-state index is -3.13. The van der Waals surface area contributed by atoms with E-state index in [1.165, 1.54) is 6.26 Å². The summed E-state index contributed by atoms with van der Waals surface area (Å²) in [5.41, 5.74) is 6.81. The van der Waals surface area contributed by atoms with Crippen molar-refractivity contribution in [3.05, 3.63) is 29.8 Å². The first-order valence-corrected chi connectivity index (χ1v) is 6.90. The molecule has 1 atom stereocenters. The van der Waals surface area contributed by atoms with E-state index in [9.17, 15) is 8.42 Å². The lowest BCUT2D eigenvalue weighted by Gasteiger charge is -2.11. The fraction of sp³-hybridized carbons (Fsp3) is 0.455. The number of hydrogen-bond donors (Lipinski definition) is 1. The lowest BCUT2D eigenvalue weighted by molar-refractivity contribution is 0.600. The van der Waals surface area contributed by atoms with E-state index in [4.69, 9.17) is 5.73 Å². The van der Waals surface area contributed by atoms with Gasteiger partial charge in [-0.15, -0.1) is 12.4 Å². The molecule has 16 heavy (non-hydrogen) atoms. The van der Waals surface area contributed by atoms with Crippen LogP contribution < -0.4 is 5.73 Å². The summed E-state index contributed by atoms with van der Waals surface area (Å²) in [6.07, 6.45) is 3.06. The Morgan fingerprint density at radius 2 is 2.00 bits per heavy atom. The van der Waals surface area contributed by atoms with Crippen molar-refractivity contribution in [3.63, 3.8) is 0 Å². The van der Waals surface area contributed by atoms with Crippen LogP contribution in [0.5, 0.6) is 0 Å². The molecule has 0 spiro atoms. The number of halogens is 1. The van der Waals surface area contributed by atoms with Crippen LogP contribution in [-0.4, -0.2) is 14.7 Å². The molecule has 0 bridgehead atoms. The third kappa shape index (κ3) is 4.12. The molecule has 0 aliphatic heterocycles. The number of rotatable bonds is 4.